The Morgan fingerprint density at radius 3 is 2.52 bits per heavy atom. The molecule has 1 aliphatic rings. The molecule has 0 heterocycles. The molecule has 1 N–H and O–H groups in total. The Morgan fingerprint density at radius 2 is 1.81 bits per heavy atom. The molecular weight excluding hydrogens is 270 g/mol. The fourth-order valence-corrected chi connectivity index (χ4v) is 2.42. The fourth-order valence-electron chi connectivity index (χ4n) is 2.42. The molecule has 0 spiro atoms. The largest absolute Gasteiger partial charge is 0.385 e. The van der Waals surface area contributed by atoms with Crippen molar-refractivity contribution in [3.8, 4) is 0 Å². The Morgan fingerprint density at radius 1 is 0.952 bits per heavy atom. The van der Waals surface area contributed by atoms with Crippen molar-refractivity contribution in [2.75, 3.05) is 46.7 Å². The SMILES string of the molecule is CCCNC1CC(OCCOCCCOC)C1OCCC. The normalized spacial score (nSPS) is 25.0. The first kappa shape index (κ1) is 18.8. The lowest BCUT2D eigenvalue weighted by Crippen LogP contribution is -2.60. The molecule has 0 aromatic rings. The molecule has 0 amide bonds. The van der Waals surface area contributed by atoms with Gasteiger partial charge in [0.2, 0.25) is 0 Å². The van der Waals surface area contributed by atoms with Gasteiger partial charge in [0.05, 0.1) is 25.4 Å². The predicted molar refractivity (Wildman–Crippen MR) is 83.8 cm³/mol. The smallest absolute Gasteiger partial charge is 0.0990 e. The first-order valence-corrected chi connectivity index (χ1v) is 8.36. The van der Waals surface area contributed by atoms with E-state index >= 15 is 0 Å². The van der Waals surface area contributed by atoms with Crippen molar-refractivity contribution in [3.63, 3.8) is 0 Å². The van der Waals surface area contributed by atoms with Gasteiger partial charge in [-0.2, -0.15) is 0 Å². The summed E-state index contributed by atoms with van der Waals surface area (Å²) < 4.78 is 22.3. The van der Waals surface area contributed by atoms with E-state index in [1.165, 1.54) is 0 Å². The van der Waals surface area contributed by atoms with Crippen LogP contribution in [0.5, 0.6) is 0 Å². The second kappa shape index (κ2) is 12.4. The molecule has 5 heteroatoms. The summed E-state index contributed by atoms with van der Waals surface area (Å²) in [6.07, 6.45) is 4.59. The van der Waals surface area contributed by atoms with Gasteiger partial charge < -0.3 is 24.3 Å². The van der Waals surface area contributed by atoms with Gasteiger partial charge in [0.15, 0.2) is 0 Å². The summed E-state index contributed by atoms with van der Waals surface area (Å²) in [6.45, 7) is 8.95. The number of hydrogen-bond acceptors (Lipinski definition) is 5. The molecule has 0 radical (unpaired) electrons. The maximum atomic E-state index is 5.91. The zero-order valence-corrected chi connectivity index (χ0v) is 13.9. The Bertz CT molecular complexity index is 240. The number of hydrogen-bond donors (Lipinski definition) is 1. The van der Waals surface area contributed by atoms with E-state index in [4.69, 9.17) is 18.9 Å². The molecule has 126 valence electrons. The molecule has 1 saturated carbocycles. The van der Waals surface area contributed by atoms with Crippen molar-refractivity contribution >= 4 is 0 Å². The molecule has 5 nitrogen and oxygen atoms in total. The van der Waals surface area contributed by atoms with Gasteiger partial charge in [0, 0.05) is 33.0 Å². The molecule has 21 heavy (non-hydrogen) atoms. The lowest BCUT2D eigenvalue weighted by molar-refractivity contribution is -0.152. The highest BCUT2D eigenvalue weighted by Crippen LogP contribution is 2.27. The minimum absolute atomic E-state index is 0.199. The lowest BCUT2D eigenvalue weighted by atomic mass is 9.85. The van der Waals surface area contributed by atoms with E-state index in [1.807, 2.05) is 0 Å². The highest BCUT2D eigenvalue weighted by molar-refractivity contribution is 4.97. The van der Waals surface area contributed by atoms with Crippen LogP contribution in [0.2, 0.25) is 0 Å². The van der Waals surface area contributed by atoms with Crippen molar-refractivity contribution in [3.05, 3.63) is 0 Å². The van der Waals surface area contributed by atoms with E-state index in [9.17, 15) is 0 Å². The molecule has 1 aliphatic carbocycles. The Hall–Kier alpha value is -0.200. The van der Waals surface area contributed by atoms with Crippen LogP contribution in [0, 0.1) is 0 Å². The summed E-state index contributed by atoms with van der Waals surface area (Å²) in [6, 6.07) is 0.448. The average molecular weight is 303 g/mol. The Labute approximate surface area is 129 Å². The molecule has 0 bridgehead atoms. The third-order valence-electron chi connectivity index (χ3n) is 3.62. The standard InChI is InChI=1S/C16H33NO4/c1-4-7-17-14-13-15(16(14)21-8-5-2)20-12-11-19-10-6-9-18-3/h14-17H,4-13H2,1-3H3. The zero-order chi connectivity index (χ0) is 15.3. The minimum atomic E-state index is 0.199. The second-order valence-electron chi connectivity index (χ2n) is 5.50. The highest BCUT2D eigenvalue weighted by Gasteiger charge is 2.42. The van der Waals surface area contributed by atoms with Crippen LogP contribution in [-0.4, -0.2) is 64.9 Å². The molecule has 0 aromatic carbocycles. The highest BCUT2D eigenvalue weighted by atomic mass is 16.6. The molecule has 3 unspecified atom stereocenters. The van der Waals surface area contributed by atoms with E-state index < -0.39 is 0 Å². The van der Waals surface area contributed by atoms with Gasteiger partial charge >= 0.3 is 0 Å². The number of nitrogens with one attached hydrogen (secondary N) is 1. The van der Waals surface area contributed by atoms with E-state index in [1.54, 1.807) is 7.11 Å². The van der Waals surface area contributed by atoms with E-state index in [-0.39, 0.29) is 12.2 Å². The van der Waals surface area contributed by atoms with Gasteiger partial charge in [-0.1, -0.05) is 13.8 Å². The first-order chi connectivity index (χ1) is 10.3. The van der Waals surface area contributed by atoms with Gasteiger partial charge in [0.1, 0.15) is 0 Å². The Kier molecular flexibility index (Phi) is 11.1. The van der Waals surface area contributed by atoms with Gasteiger partial charge in [-0.05, 0) is 32.2 Å². The lowest BCUT2D eigenvalue weighted by Gasteiger charge is -2.44. The van der Waals surface area contributed by atoms with Crippen LogP contribution in [0.4, 0.5) is 0 Å². The Balaban J connectivity index is 2.09. The van der Waals surface area contributed by atoms with E-state index in [0.29, 0.717) is 19.3 Å². The minimum Gasteiger partial charge on any atom is -0.385 e. The molecule has 1 fully saturated rings. The number of ether oxygens (including phenoxy) is 4. The van der Waals surface area contributed by atoms with Crippen LogP contribution in [0.3, 0.4) is 0 Å². The average Bonchev–Trinajstić information content (AvgIpc) is 2.48. The van der Waals surface area contributed by atoms with Crippen molar-refractivity contribution in [1.82, 2.24) is 5.32 Å². The molecule has 0 aromatic heterocycles. The van der Waals surface area contributed by atoms with Gasteiger partial charge in [-0.15, -0.1) is 0 Å². The topological polar surface area (TPSA) is 49.0 Å². The molecule has 0 aliphatic heterocycles. The third-order valence-corrected chi connectivity index (χ3v) is 3.62. The summed E-state index contributed by atoms with van der Waals surface area (Å²) in [5, 5.41) is 3.53. The van der Waals surface area contributed by atoms with Crippen LogP contribution < -0.4 is 5.32 Å². The van der Waals surface area contributed by atoms with Crippen molar-refractivity contribution < 1.29 is 18.9 Å². The van der Waals surface area contributed by atoms with E-state index in [0.717, 1.165) is 52.0 Å². The molecule has 0 saturated heterocycles. The van der Waals surface area contributed by atoms with Crippen molar-refractivity contribution in [2.24, 2.45) is 0 Å². The van der Waals surface area contributed by atoms with Crippen LogP contribution in [0.25, 0.3) is 0 Å². The summed E-state index contributed by atoms with van der Waals surface area (Å²) >= 11 is 0. The van der Waals surface area contributed by atoms with Crippen LogP contribution >= 0.6 is 0 Å². The fraction of sp³-hybridized carbons (Fsp3) is 1.00. The van der Waals surface area contributed by atoms with Crippen LogP contribution in [0.1, 0.15) is 39.5 Å². The zero-order valence-electron chi connectivity index (χ0n) is 13.9. The second-order valence-corrected chi connectivity index (χ2v) is 5.50. The maximum absolute atomic E-state index is 5.91. The summed E-state index contributed by atoms with van der Waals surface area (Å²) in [7, 11) is 1.71. The maximum Gasteiger partial charge on any atom is 0.0990 e. The van der Waals surface area contributed by atoms with Gasteiger partial charge in [0.25, 0.3) is 0 Å². The van der Waals surface area contributed by atoms with Crippen molar-refractivity contribution in [2.45, 2.75) is 57.8 Å². The third kappa shape index (κ3) is 7.56. The number of methoxy groups -OCH3 is 1. The summed E-state index contributed by atoms with van der Waals surface area (Å²) in [4.78, 5) is 0. The molecular formula is C16H33NO4. The van der Waals surface area contributed by atoms with Crippen LogP contribution in [0.15, 0.2) is 0 Å². The molecule has 3 atom stereocenters. The summed E-state index contributed by atoms with van der Waals surface area (Å²) in [5.41, 5.74) is 0. The van der Waals surface area contributed by atoms with E-state index in [2.05, 4.69) is 19.2 Å². The van der Waals surface area contributed by atoms with Crippen molar-refractivity contribution in [1.29, 1.82) is 0 Å². The number of rotatable bonds is 14. The summed E-state index contributed by atoms with van der Waals surface area (Å²) in [5.74, 6) is 0. The first-order valence-electron chi connectivity index (χ1n) is 8.36. The van der Waals surface area contributed by atoms with Gasteiger partial charge in [-0.25, -0.2) is 0 Å². The predicted octanol–water partition coefficient (Wildman–Crippen LogP) is 1.99. The van der Waals surface area contributed by atoms with Gasteiger partial charge in [-0.3, -0.25) is 0 Å². The molecule has 1 rings (SSSR count). The van der Waals surface area contributed by atoms with Crippen LogP contribution in [-0.2, 0) is 18.9 Å². The quantitative estimate of drug-likeness (QED) is 0.497. The monoisotopic (exact) mass is 303 g/mol.